The molecular formula is C15H21ClN6O2. The van der Waals surface area contributed by atoms with Crippen LogP contribution in [-0.2, 0) is 13.5 Å². The van der Waals surface area contributed by atoms with Crippen LogP contribution in [0.2, 0.25) is 5.02 Å². The van der Waals surface area contributed by atoms with Crippen molar-refractivity contribution in [2.24, 2.45) is 7.05 Å². The molecule has 0 radical (unpaired) electrons. The molecule has 0 fully saturated rings. The van der Waals surface area contributed by atoms with Crippen LogP contribution in [0.4, 0.5) is 4.79 Å². The lowest BCUT2D eigenvalue weighted by Gasteiger charge is -2.14. The van der Waals surface area contributed by atoms with Crippen molar-refractivity contribution in [3.05, 3.63) is 34.6 Å². The third kappa shape index (κ3) is 4.82. The van der Waals surface area contributed by atoms with Crippen LogP contribution < -0.4 is 15.4 Å². The van der Waals surface area contributed by atoms with Crippen LogP contribution in [0.15, 0.2) is 18.2 Å². The van der Waals surface area contributed by atoms with E-state index in [-0.39, 0.29) is 12.1 Å². The van der Waals surface area contributed by atoms with Gasteiger partial charge in [0.2, 0.25) is 0 Å². The van der Waals surface area contributed by atoms with Crippen molar-refractivity contribution in [2.75, 3.05) is 13.2 Å². The average molecular weight is 353 g/mol. The van der Waals surface area contributed by atoms with Gasteiger partial charge in [-0.15, -0.1) is 5.10 Å². The number of hydrogen-bond acceptors (Lipinski definition) is 5. The molecule has 2 N–H and O–H groups in total. The fourth-order valence-corrected chi connectivity index (χ4v) is 2.46. The quantitative estimate of drug-likeness (QED) is 0.793. The summed E-state index contributed by atoms with van der Waals surface area (Å²) in [5, 5.41) is 17.4. The van der Waals surface area contributed by atoms with Crippen LogP contribution in [0.25, 0.3) is 0 Å². The van der Waals surface area contributed by atoms with Crippen molar-refractivity contribution in [1.29, 1.82) is 0 Å². The molecule has 1 aromatic carbocycles. The molecule has 0 bridgehead atoms. The summed E-state index contributed by atoms with van der Waals surface area (Å²) in [6.07, 6.45) is 0.614. The van der Waals surface area contributed by atoms with E-state index in [0.717, 1.165) is 11.3 Å². The molecule has 24 heavy (non-hydrogen) atoms. The molecule has 0 aliphatic rings. The molecule has 130 valence electrons. The summed E-state index contributed by atoms with van der Waals surface area (Å²) in [4.78, 5) is 12.0. The molecule has 2 amide bonds. The van der Waals surface area contributed by atoms with Gasteiger partial charge in [-0.1, -0.05) is 11.6 Å². The maximum absolute atomic E-state index is 12.0. The first-order valence-electron chi connectivity index (χ1n) is 7.69. The first-order chi connectivity index (χ1) is 11.5. The number of benzene rings is 1. The molecule has 0 saturated carbocycles. The number of carbonyl (C=O) groups is 1. The van der Waals surface area contributed by atoms with E-state index in [1.54, 1.807) is 13.1 Å². The van der Waals surface area contributed by atoms with Crippen molar-refractivity contribution in [1.82, 2.24) is 30.8 Å². The van der Waals surface area contributed by atoms with E-state index in [4.69, 9.17) is 16.3 Å². The third-order valence-corrected chi connectivity index (χ3v) is 3.63. The minimum atomic E-state index is -0.296. The standard InChI is InChI=1S/C15H21ClN6O2/c1-4-24-13-6-5-12(16)9-11(13)7-8-17-15(23)18-10(2)14-19-20-21-22(14)3/h5-6,9-10H,4,7-8H2,1-3H3,(H2,17,18,23)/t10-/m1/s1. The van der Waals surface area contributed by atoms with E-state index < -0.39 is 0 Å². The van der Waals surface area contributed by atoms with Crippen molar-refractivity contribution >= 4 is 17.6 Å². The Morgan fingerprint density at radius 2 is 2.25 bits per heavy atom. The molecule has 1 atom stereocenters. The molecule has 0 aliphatic carbocycles. The van der Waals surface area contributed by atoms with Crippen molar-refractivity contribution in [3.8, 4) is 5.75 Å². The van der Waals surface area contributed by atoms with E-state index in [1.165, 1.54) is 4.68 Å². The molecule has 0 aliphatic heterocycles. The minimum absolute atomic E-state index is 0.287. The Morgan fingerprint density at radius 1 is 1.46 bits per heavy atom. The van der Waals surface area contributed by atoms with Gasteiger partial charge < -0.3 is 15.4 Å². The lowest BCUT2D eigenvalue weighted by molar-refractivity contribution is 0.237. The molecule has 8 nitrogen and oxygen atoms in total. The second kappa shape index (κ2) is 8.49. The van der Waals surface area contributed by atoms with Crippen LogP contribution in [0.5, 0.6) is 5.75 Å². The molecule has 2 rings (SSSR count). The van der Waals surface area contributed by atoms with Gasteiger partial charge in [-0.2, -0.15) is 0 Å². The Balaban J connectivity index is 1.84. The lowest BCUT2D eigenvalue weighted by Crippen LogP contribution is -2.38. The molecule has 1 aromatic heterocycles. The monoisotopic (exact) mass is 352 g/mol. The first-order valence-corrected chi connectivity index (χ1v) is 8.07. The number of aryl methyl sites for hydroxylation is 1. The number of nitrogens with zero attached hydrogens (tertiary/aromatic N) is 4. The van der Waals surface area contributed by atoms with Gasteiger partial charge in [0.05, 0.1) is 12.6 Å². The highest BCUT2D eigenvalue weighted by atomic mass is 35.5. The molecule has 0 unspecified atom stereocenters. The fourth-order valence-electron chi connectivity index (χ4n) is 2.27. The third-order valence-electron chi connectivity index (χ3n) is 3.39. The summed E-state index contributed by atoms with van der Waals surface area (Å²) in [6.45, 7) is 4.77. The van der Waals surface area contributed by atoms with Gasteiger partial charge >= 0.3 is 6.03 Å². The smallest absolute Gasteiger partial charge is 0.315 e. The summed E-state index contributed by atoms with van der Waals surface area (Å²) >= 11 is 6.02. The van der Waals surface area contributed by atoms with E-state index in [2.05, 4.69) is 26.2 Å². The Bertz CT molecular complexity index is 690. The van der Waals surface area contributed by atoms with Crippen LogP contribution in [0, 0.1) is 0 Å². The summed E-state index contributed by atoms with van der Waals surface area (Å²) in [5.74, 6) is 1.36. The van der Waals surface area contributed by atoms with Gasteiger partial charge in [0.25, 0.3) is 0 Å². The van der Waals surface area contributed by atoms with Crippen LogP contribution >= 0.6 is 11.6 Å². The number of aromatic nitrogens is 4. The number of nitrogens with one attached hydrogen (secondary N) is 2. The van der Waals surface area contributed by atoms with E-state index in [9.17, 15) is 4.79 Å². The Labute approximate surface area is 145 Å². The van der Waals surface area contributed by atoms with Crippen molar-refractivity contribution in [2.45, 2.75) is 26.3 Å². The predicted molar refractivity (Wildman–Crippen MR) is 90.1 cm³/mol. The normalized spacial score (nSPS) is 11.8. The SMILES string of the molecule is CCOc1ccc(Cl)cc1CCNC(=O)N[C@H](C)c1nnnn1C. The van der Waals surface area contributed by atoms with Crippen LogP contribution in [0.1, 0.15) is 31.3 Å². The summed E-state index contributed by atoms with van der Waals surface area (Å²) in [5.41, 5.74) is 0.954. The second-order valence-corrected chi connectivity index (χ2v) is 5.65. The number of urea groups is 1. The van der Waals surface area contributed by atoms with Gasteiger partial charge in [-0.3, -0.25) is 0 Å². The van der Waals surface area contributed by atoms with E-state index in [1.807, 2.05) is 26.0 Å². The molecule has 0 saturated heterocycles. The molecule has 0 spiro atoms. The van der Waals surface area contributed by atoms with Crippen LogP contribution in [-0.4, -0.2) is 39.4 Å². The number of carbonyl (C=O) groups excluding carboxylic acids is 1. The average Bonchev–Trinajstić information content (AvgIpc) is 2.96. The van der Waals surface area contributed by atoms with Crippen molar-refractivity contribution < 1.29 is 9.53 Å². The van der Waals surface area contributed by atoms with Gasteiger partial charge in [-0.25, -0.2) is 9.48 Å². The number of tetrazole rings is 1. The highest BCUT2D eigenvalue weighted by molar-refractivity contribution is 6.30. The number of amides is 2. The highest BCUT2D eigenvalue weighted by Gasteiger charge is 2.14. The first kappa shape index (κ1) is 18.0. The molecule has 9 heteroatoms. The van der Waals surface area contributed by atoms with Crippen molar-refractivity contribution in [3.63, 3.8) is 0 Å². The Kier molecular flexibility index (Phi) is 6.36. The Morgan fingerprint density at radius 3 is 2.92 bits per heavy atom. The summed E-state index contributed by atoms with van der Waals surface area (Å²) in [7, 11) is 1.72. The maximum atomic E-state index is 12.0. The van der Waals surface area contributed by atoms with Gasteiger partial charge in [0.15, 0.2) is 5.82 Å². The fraction of sp³-hybridized carbons (Fsp3) is 0.467. The number of rotatable bonds is 7. The zero-order chi connectivity index (χ0) is 17.5. The zero-order valence-electron chi connectivity index (χ0n) is 13.9. The number of halogens is 1. The van der Waals surface area contributed by atoms with Gasteiger partial charge in [0.1, 0.15) is 5.75 Å². The second-order valence-electron chi connectivity index (χ2n) is 5.22. The maximum Gasteiger partial charge on any atom is 0.315 e. The van der Waals surface area contributed by atoms with Crippen LogP contribution in [0.3, 0.4) is 0 Å². The Hall–Kier alpha value is -2.35. The number of ether oxygens (including phenoxy) is 1. The molecule has 2 aromatic rings. The van der Waals surface area contributed by atoms with Gasteiger partial charge in [-0.05, 0) is 54.5 Å². The van der Waals surface area contributed by atoms with Gasteiger partial charge in [0, 0.05) is 18.6 Å². The topological polar surface area (TPSA) is 94.0 Å². The molecule has 1 heterocycles. The minimum Gasteiger partial charge on any atom is -0.494 e. The predicted octanol–water partition coefficient (Wildman–Crippen LogP) is 1.87. The molecular weight excluding hydrogens is 332 g/mol. The van der Waals surface area contributed by atoms with E-state index >= 15 is 0 Å². The number of hydrogen-bond donors (Lipinski definition) is 2. The largest absolute Gasteiger partial charge is 0.494 e. The summed E-state index contributed by atoms with van der Waals surface area (Å²) < 4.78 is 7.08. The zero-order valence-corrected chi connectivity index (χ0v) is 14.7. The van der Waals surface area contributed by atoms with E-state index in [0.29, 0.717) is 30.4 Å². The lowest BCUT2D eigenvalue weighted by atomic mass is 10.1. The highest BCUT2D eigenvalue weighted by Crippen LogP contribution is 2.23. The summed E-state index contributed by atoms with van der Waals surface area (Å²) in [6, 6.07) is 4.89.